The van der Waals surface area contributed by atoms with E-state index in [1.165, 1.54) is 12.0 Å². The maximum absolute atomic E-state index is 8.76. The first kappa shape index (κ1) is 10.2. The lowest BCUT2D eigenvalue weighted by molar-refractivity contribution is 0.309. The summed E-state index contributed by atoms with van der Waals surface area (Å²) in [4.78, 5) is 0. The number of oxime groups is 1. The summed E-state index contributed by atoms with van der Waals surface area (Å²) in [7, 11) is 0. The molecule has 0 heterocycles. The Morgan fingerprint density at radius 1 is 1.27 bits per heavy atom. The smallest absolute Gasteiger partial charge is 0.0573 e. The first-order valence-corrected chi connectivity index (χ1v) is 5.62. The molecule has 1 atom stereocenters. The summed E-state index contributed by atoms with van der Waals surface area (Å²) < 4.78 is 0. The second kappa shape index (κ2) is 4.96. The van der Waals surface area contributed by atoms with E-state index >= 15 is 0 Å². The molecule has 1 N–H and O–H groups in total. The summed E-state index contributed by atoms with van der Waals surface area (Å²) >= 11 is 0. The van der Waals surface area contributed by atoms with Crippen LogP contribution in [0, 0.1) is 5.92 Å². The number of hydrogen-bond acceptors (Lipinski definition) is 2. The van der Waals surface area contributed by atoms with Crippen LogP contribution in [0.4, 0.5) is 0 Å². The zero-order chi connectivity index (χ0) is 10.5. The molecule has 1 aromatic carbocycles. The van der Waals surface area contributed by atoms with Crippen LogP contribution in [0.3, 0.4) is 0 Å². The molecule has 2 nitrogen and oxygen atoms in total. The minimum atomic E-state index is 0.659. The fraction of sp³-hybridized carbons (Fsp3) is 0.462. The molecule has 0 saturated heterocycles. The van der Waals surface area contributed by atoms with Gasteiger partial charge in [0.2, 0.25) is 0 Å². The van der Waals surface area contributed by atoms with E-state index < -0.39 is 0 Å². The summed E-state index contributed by atoms with van der Waals surface area (Å²) in [5.74, 6) is 0.659. The lowest BCUT2D eigenvalue weighted by Gasteiger charge is -2.22. The van der Waals surface area contributed by atoms with Crippen LogP contribution in [-0.4, -0.2) is 10.9 Å². The Morgan fingerprint density at radius 3 is 2.80 bits per heavy atom. The van der Waals surface area contributed by atoms with Crippen molar-refractivity contribution in [3.05, 3.63) is 35.9 Å². The van der Waals surface area contributed by atoms with E-state index in [2.05, 4.69) is 29.4 Å². The van der Waals surface area contributed by atoms with Crippen molar-refractivity contribution in [3.8, 4) is 0 Å². The van der Waals surface area contributed by atoms with Crippen molar-refractivity contribution in [2.45, 2.75) is 32.1 Å². The quantitative estimate of drug-likeness (QED) is 0.580. The van der Waals surface area contributed by atoms with Crippen LogP contribution in [0.5, 0.6) is 0 Å². The highest BCUT2D eigenvalue weighted by Gasteiger charge is 2.18. The Morgan fingerprint density at radius 2 is 2.07 bits per heavy atom. The lowest BCUT2D eigenvalue weighted by atomic mass is 9.84. The molecule has 1 aliphatic carbocycles. The van der Waals surface area contributed by atoms with Gasteiger partial charge < -0.3 is 5.21 Å². The van der Waals surface area contributed by atoms with E-state index in [9.17, 15) is 0 Å². The van der Waals surface area contributed by atoms with E-state index in [0.717, 1.165) is 31.4 Å². The van der Waals surface area contributed by atoms with Crippen molar-refractivity contribution >= 4 is 5.71 Å². The van der Waals surface area contributed by atoms with Crippen LogP contribution in [0.15, 0.2) is 35.5 Å². The second-order valence-corrected chi connectivity index (χ2v) is 4.32. The average Bonchev–Trinajstić information content (AvgIpc) is 2.31. The van der Waals surface area contributed by atoms with E-state index in [1.54, 1.807) is 0 Å². The predicted octanol–water partition coefficient (Wildman–Crippen LogP) is 3.25. The van der Waals surface area contributed by atoms with Crippen molar-refractivity contribution in [2.24, 2.45) is 11.1 Å². The average molecular weight is 203 g/mol. The molecule has 15 heavy (non-hydrogen) atoms. The molecule has 0 radical (unpaired) electrons. The van der Waals surface area contributed by atoms with Crippen LogP contribution < -0.4 is 0 Å². The number of benzene rings is 1. The lowest BCUT2D eigenvalue weighted by Crippen LogP contribution is -2.17. The molecule has 80 valence electrons. The highest BCUT2D eigenvalue weighted by molar-refractivity contribution is 5.84. The van der Waals surface area contributed by atoms with Crippen molar-refractivity contribution in [2.75, 3.05) is 0 Å². The first-order valence-electron chi connectivity index (χ1n) is 5.62. The fourth-order valence-electron chi connectivity index (χ4n) is 2.34. The Labute approximate surface area is 90.6 Å². The minimum Gasteiger partial charge on any atom is -0.411 e. The van der Waals surface area contributed by atoms with Crippen molar-refractivity contribution in [1.82, 2.24) is 0 Å². The van der Waals surface area contributed by atoms with Gasteiger partial charge in [-0.15, -0.1) is 0 Å². The van der Waals surface area contributed by atoms with Crippen LogP contribution >= 0.6 is 0 Å². The van der Waals surface area contributed by atoms with Gasteiger partial charge in [0, 0.05) is 0 Å². The Hall–Kier alpha value is -1.31. The summed E-state index contributed by atoms with van der Waals surface area (Å²) in [6, 6.07) is 10.6. The van der Waals surface area contributed by atoms with Crippen molar-refractivity contribution in [1.29, 1.82) is 0 Å². The molecule has 0 amide bonds. The summed E-state index contributed by atoms with van der Waals surface area (Å²) in [5.41, 5.74) is 2.36. The molecule has 0 bridgehead atoms. The van der Waals surface area contributed by atoms with Gasteiger partial charge in [0.25, 0.3) is 0 Å². The molecule has 0 aliphatic heterocycles. The largest absolute Gasteiger partial charge is 0.411 e. The molecule has 1 unspecified atom stereocenters. The highest BCUT2D eigenvalue weighted by Crippen LogP contribution is 2.25. The molecule has 2 rings (SSSR count). The third kappa shape index (κ3) is 2.82. The van der Waals surface area contributed by atoms with Gasteiger partial charge in [0.05, 0.1) is 5.71 Å². The number of hydrogen-bond donors (Lipinski definition) is 1. The van der Waals surface area contributed by atoms with E-state index in [4.69, 9.17) is 5.21 Å². The Kier molecular flexibility index (Phi) is 3.38. The van der Waals surface area contributed by atoms with Gasteiger partial charge in [0.15, 0.2) is 0 Å². The van der Waals surface area contributed by atoms with Gasteiger partial charge in [0.1, 0.15) is 0 Å². The summed E-state index contributed by atoms with van der Waals surface area (Å²) in [5, 5.41) is 12.1. The number of rotatable bonds is 2. The summed E-state index contributed by atoms with van der Waals surface area (Å²) in [6.07, 6.45) is 5.47. The van der Waals surface area contributed by atoms with Crippen molar-refractivity contribution < 1.29 is 5.21 Å². The molecule has 0 aromatic heterocycles. The predicted molar refractivity (Wildman–Crippen MR) is 61.3 cm³/mol. The monoisotopic (exact) mass is 203 g/mol. The Balaban J connectivity index is 1.95. The van der Waals surface area contributed by atoms with Gasteiger partial charge in [-0.2, -0.15) is 0 Å². The third-order valence-electron chi connectivity index (χ3n) is 3.11. The highest BCUT2D eigenvalue weighted by atomic mass is 16.4. The van der Waals surface area contributed by atoms with Crippen LogP contribution in [0.2, 0.25) is 0 Å². The molecule has 1 saturated carbocycles. The first-order chi connectivity index (χ1) is 7.38. The van der Waals surface area contributed by atoms with E-state index in [-0.39, 0.29) is 0 Å². The van der Waals surface area contributed by atoms with Crippen LogP contribution in [0.1, 0.15) is 31.2 Å². The standard InChI is InChI=1S/C13H17NO/c15-14-13-8-4-7-12(10-13)9-11-5-2-1-3-6-11/h1-3,5-6,12,15H,4,7-10H2/b14-13+. The molecule has 2 heteroatoms. The van der Waals surface area contributed by atoms with Gasteiger partial charge >= 0.3 is 0 Å². The van der Waals surface area contributed by atoms with E-state index in [0.29, 0.717) is 5.92 Å². The maximum atomic E-state index is 8.76. The molecule has 1 fully saturated rings. The van der Waals surface area contributed by atoms with E-state index in [1.807, 2.05) is 6.07 Å². The third-order valence-corrected chi connectivity index (χ3v) is 3.11. The van der Waals surface area contributed by atoms with Crippen LogP contribution in [-0.2, 0) is 6.42 Å². The molecular formula is C13H17NO. The van der Waals surface area contributed by atoms with Gasteiger partial charge in [-0.25, -0.2) is 0 Å². The Bertz CT molecular complexity index is 332. The molecule has 0 spiro atoms. The normalized spacial score (nSPS) is 24.3. The maximum Gasteiger partial charge on any atom is 0.0573 e. The number of nitrogens with zero attached hydrogens (tertiary/aromatic N) is 1. The van der Waals surface area contributed by atoms with Crippen LogP contribution in [0.25, 0.3) is 0 Å². The SMILES string of the molecule is O/N=C1\CCCC(Cc2ccccc2)C1. The summed E-state index contributed by atoms with van der Waals surface area (Å²) in [6.45, 7) is 0. The molecule has 1 aliphatic rings. The van der Waals surface area contributed by atoms with Gasteiger partial charge in [-0.1, -0.05) is 35.5 Å². The van der Waals surface area contributed by atoms with Gasteiger partial charge in [-0.05, 0) is 43.6 Å². The fourth-order valence-corrected chi connectivity index (χ4v) is 2.34. The molecule has 1 aromatic rings. The van der Waals surface area contributed by atoms with Crippen molar-refractivity contribution in [3.63, 3.8) is 0 Å². The van der Waals surface area contributed by atoms with Gasteiger partial charge in [-0.3, -0.25) is 0 Å². The topological polar surface area (TPSA) is 32.6 Å². The minimum absolute atomic E-state index is 0.659. The second-order valence-electron chi connectivity index (χ2n) is 4.32. The zero-order valence-corrected chi connectivity index (χ0v) is 8.89. The molecular weight excluding hydrogens is 186 g/mol. The zero-order valence-electron chi connectivity index (χ0n) is 8.89.